The van der Waals surface area contributed by atoms with Crippen molar-refractivity contribution in [3.8, 4) is 0 Å². The molecule has 0 aliphatic carbocycles. The molecular weight excluding hydrogens is 236 g/mol. The second-order valence-electron chi connectivity index (χ2n) is 4.61. The zero-order valence-corrected chi connectivity index (χ0v) is 10.9. The Balaban J connectivity index is 2.25. The molecule has 0 aromatic heterocycles. The summed E-state index contributed by atoms with van der Waals surface area (Å²) in [7, 11) is 0. The van der Waals surface area contributed by atoms with Crippen LogP contribution in [-0.2, 0) is 4.84 Å². The van der Waals surface area contributed by atoms with E-state index in [4.69, 9.17) is 22.3 Å². The van der Waals surface area contributed by atoms with Gasteiger partial charge in [0, 0.05) is 17.3 Å². The third-order valence-corrected chi connectivity index (χ3v) is 3.63. The number of nitrogens with two attached hydrogens (primary N) is 1. The van der Waals surface area contributed by atoms with E-state index in [0.29, 0.717) is 12.6 Å². The van der Waals surface area contributed by atoms with Crippen molar-refractivity contribution in [3.05, 3.63) is 28.8 Å². The van der Waals surface area contributed by atoms with Gasteiger partial charge in [-0.05, 0) is 43.9 Å². The van der Waals surface area contributed by atoms with E-state index in [9.17, 15) is 0 Å². The summed E-state index contributed by atoms with van der Waals surface area (Å²) in [6.07, 6.45) is 3.58. The maximum absolute atomic E-state index is 6.08. The highest BCUT2D eigenvalue weighted by Gasteiger charge is 2.23. The lowest BCUT2D eigenvalue weighted by Crippen LogP contribution is -2.43. The molecule has 94 valence electrons. The maximum atomic E-state index is 6.08. The van der Waals surface area contributed by atoms with Crippen LogP contribution < -0.4 is 10.8 Å². The fourth-order valence-electron chi connectivity index (χ4n) is 2.49. The van der Waals surface area contributed by atoms with Crippen LogP contribution in [0.5, 0.6) is 0 Å². The van der Waals surface area contributed by atoms with E-state index >= 15 is 0 Å². The molecule has 1 unspecified atom stereocenters. The lowest BCUT2D eigenvalue weighted by Gasteiger charge is -2.38. The maximum Gasteiger partial charge on any atom is 0.0882 e. The SMILES string of the molecule is Cc1ccc(Cl)cc1N1CCCCC1CON. The molecule has 2 N–H and O–H groups in total. The van der Waals surface area contributed by atoms with E-state index in [2.05, 4.69) is 17.9 Å². The van der Waals surface area contributed by atoms with Gasteiger partial charge in [-0.2, -0.15) is 0 Å². The molecule has 0 spiro atoms. The Kier molecular flexibility index (Phi) is 4.26. The molecule has 1 saturated heterocycles. The summed E-state index contributed by atoms with van der Waals surface area (Å²) in [4.78, 5) is 7.20. The molecule has 1 fully saturated rings. The second-order valence-corrected chi connectivity index (χ2v) is 5.04. The number of aryl methyl sites for hydroxylation is 1. The van der Waals surface area contributed by atoms with Crippen LogP contribution >= 0.6 is 11.6 Å². The molecule has 3 nitrogen and oxygen atoms in total. The molecule has 0 amide bonds. The second kappa shape index (κ2) is 5.71. The minimum Gasteiger partial charge on any atom is -0.366 e. The normalized spacial score (nSPS) is 20.6. The number of rotatable bonds is 3. The fraction of sp³-hybridized carbons (Fsp3) is 0.538. The highest BCUT2D eigenvalue weighted by molar-refractivity contribution is 6.30. The average molecular weight is 255 g/mol. The van der Waals surface area contributed by atoms with Crippen LogP contribution in [0.25, 0.3) is 0 Å². The summed E-state index contributed by atoms with van der Waals surface area (Å²) >= 11 is 6.08. The zero-order chi connectivity index (χ0) is 12.3. The molecule has 2 rings (SSSR count). The van der Waals surface area contributed by atoms with Gasteiger partial charge in [0.15, 0.2) is 0 Å². The van der Waals surface area contributed by atoms with Crippen LogP contribution in [-0.4, -0.2) is 19.2 Å². The van der Waals surface area contributed by atoms with Gasteiger partial charge in [-0.3, -0.25) is 0 Å². The standard InChI is InChI=1S/C13H19ClN2O/c1-10-5-6-11(14)8-13(10)16-7-3-2-4-12(16)9-17-15/h5-6,8,12H,2-4,7,9,15H2,1H3. The zero-order valence-electron chi connectivity index (χ0n) is 10.2. The van der Waals surface area contributed by atoms with Crippen molar-refractivity contribution in [2.45, 2.75) is 32.2 Å². The number of benzene rings is 1. The van der Waals surface area contributed by atoms with Gasteiger partial charge in [0.25, 0.3) is 0 Å². The molecule has 0 saturated carbocycles. The molecule has 0 bridgehead atoms. The van der Waals surface area contributed by atoms with Gasteiger partial charge in [0.2, 0.25) is 0 Å². The monoisotopic (exact) mass is 254 g/mol. The minimum atomic E-state index is 0.367. The highest BCUT2D eigenvalue weighted by atomic mass is 35.5. The summed E-state index contributed by atoms with van der Waals surface area (Å²) in [5, 5.41) is 0.781. The number of halogens is 1. The average Bonchev–Trinajstić information content (AvgIpc) is 2.34. The van der Waals surface area contributed by atoms with Crippen molar-refractivity contribution in [2.75, 3.05) is 18.1 Å². The predicted octanol–water partition coefficient (Wildman–Crippen LogP) is 2.90. The Bertz CT molecular complexity index is 382. The lowest BCUT2D eigenvalue weighted by atomic mass is 10.0. The van der Waals surface area contributed by atoms with Crippen molar-refractivity contribution >= 4 is 17.3 Å². The number of anilines is 1. The van der Waals surface area contributed by atoms with E-state index in [1.54, 1.807) is 0 Å². The quantitative estimate of drug-likeness (QED) is 0.843. The molecule has 1 atom stereocenters. The highest BCUT2D eigenvalue weighted by Crippen LogP contribution is 2.30. The van der Waals surface area contributed by atoms with E-state index in [1.807, 2.05) is 12.1 Å². The molecule has 1 aliphatic heterocycles. The Morgan fingerprint density at radius 3 is 3.06 bits per heavy atom. The van der Waals surface area contributed by atoms with Crippen LogP contribution in [0, 0.1) is 6.92 Å². The largest absolute Gasteiger partial charge is 0.366 e. The Morgan fingerprint density at radius 2 is 2.29 bits per heavy atom. The molecule has 17 heavy (non-hydrogen) atoms. The summed E-state index contributed by atoms with van der Waals surface area (Å²) < 4.78 is 0. The Labute approximate surface area is 107 Å². The van der Waals surface area contributed by atoms with E-state index in [0.717, 1.165) is 18.0 Å². The van der Waals surface area contributed by atoms with Crippen LogP contribution in [0.1, 0.15) is 24.8 Å². The first kappa shape index (κ1) is 12.7. The molecule has 1 heterocycles. The Hall–Kier alpha value is -0.770. The van der Waals surface area contributed by atoms with Crippen LogP contribution in [0.4, 0.5) is 5.69 Å². The van der Waals surface area contributed by atoms with Gasteiger partial charge in [0.05, 0.1) is 12.6 Å². The van der Waals surface area contributed by atoms with Crippen molar-refractivity contribution in [1.29, 1.82) is 0 Å². The van der Waals surface area contributed by atoms with Crippen LogP contribution in [0.3, 0.4) is 0 Å². The Morgan fingerprint density at radius 1 is 1.47 bits per heavy atom. The van der Waals surface area contributed by atoms with Crippen molar-refractivity contribution < 1.29 is 4.84 Å². The van der Waals surface area contributed by atoms with Gasteiger partial charge < -0.3 is 9.74 Å². The van der Waals surface area contributed by atoms with Crippen molar-refractivity contribution in [3.63, 3.8) is 0 Å². The first-order valence-corrected chi connectivity index (χ1v) is 6.44. The molecule has 1 aliphatic rings. The summed E-state index contributed by atoms with van der Waals surface area (Å²) in [5.41, 5.74) is 2.46. The van der Waals surface area contributed by atoms with E-state index < -0.39 is 0 Å². The van der Waals surface area contributed by atoms with Gasteiger partial charge >= 0.3 is 0 Å². The van der Waals surface area contributed by atoms with Gasteiger partial charge in [-0.1, -0.05) is 17.7 Å². The van der Waals surface area contributed by atoms with Gasteiger partial charge in [-0.15, -0.1) is 0 Å². The lowest BCUT2D eigenvalue weighted by molar-refractivity contribution is 0.114. The van der Waals surface area contributed by atoms with E-state index in [1.165, 1.54) is 24.1 Å². The number of nitrogens with zero attached hydrogens (tertiary/aromatic N) is 1. The third-order valence-electron chi connectivity index (χ3n) is 3.40. The van der Waals surface area contributed by atoms with Gasteiger partial charge in [-0.25, -0.2) is 5.90 Å². The number of hydrogen-bond donors (Lipinski definition) is 1. The van der Waals surface area contributed by atoms with Crippen LogP contribution in [0.2, 0.25) is 5.02 Å². The number of piperidine rings is 1. The summed E-state index contributed by atoms with van der Waals surface area (Å²) in [6.45, 7) is 3.74. The summed E-state index contributed by atoms with van der Waals surface area (Å²) in [6, 6.07) is 6.39. The predicted molar refractivity (Wildman–Crippen MR) is 71.3 cm³/mol. The molecule has 4 heteroatoms. The molecular formula is C13H19ClN2O. The third kappa shape index (κ3) is 2.92. The van der Waals surface area contributed by atoms with Crippen molar-refractivity contribution in [2.24, 2.45) is 5.90 Å². The first-order valence-electron chi connectivity index (χ1n) is 6.07. The molecule has 1 aromatic carbocycles. The first-order chi connectivity index (χ1) is 8.22. The van der Waals surface area contributed by atoms with Gasteiger partial charge in [0.1, 0.15) is 0 Å². The smallest absolute Gasteiger partial charge is 0.0882 e. The van der Waals surface area contributed by atoms with Crippen molar-refractivity contribution in [1.82, 2.24) is 0 Å². The topological polar surface area (TPSA) is 38.5 Å². The number of hydrogen-bond acceptors (Lipinski definition) is 3. The van der Waals surface area contributed by atoms with E-state index in [-0.39, 0.29) is 0 Å². The minimum absolute atomic E-state index is 0.367. The fourth-order valence-corrected chi connectivity index (χ4v) is 2.66. The molecule has 0 radical (unpaired) electrons. The summed E-state index contributed by atoms with van der Waals surface area (Å²) in [5.74, 6) is 5.21. The molecule has 1 aromatic rings. The van der Waals surface area contributed by atoms with Crippen LogP contribution in [0.15, 0.2) is 18.2 Å².